The molecule has 26 heteroatoms. The van der Waals surface area contributed by atoms with E-state index >= 15 is 0 Å². The maximum Gasteiger partial charge on any atom is 0.490 e. The monoisotopic (exact) mass is 672 g/mol. The molecule has 3 aromatic heterocycles. The van der Waals surface area contributed by atoms with Gasteiger partial charge in [0, 0.05) is 12.4 Å². The molecule has 8 N–H and O–H groups in total. The number of H-pyrrole nitrogens is 1. The van der Waals surface area contributed by atoms with Gasteiger partial charge in [-0.05, 0) is 6.07 Å². The maximum atomic E-state index is 12.8. The molecule has 2 aliphatic heterocycles. The summed E-state index contributed by atoms with van der Waals surface area (Å²) in [6, 6.07) is 1.52. The number of hydrogen-bond acceptors (Lipinski definition) is 16. The summed E-state index contributed by atoms with van der Waals surface area (Å²) in [4.78, 5) is 68.2. The molecule has 0 bridgehead atoms. The Bertz CT molecular complexity index is 1700. The molecule has 0 aliphatic carbocycles. The Morgan fingerprint density at radius 2 is 1.76 bits per heavy atom. The van der Waals surface area contributed by atoms with Crippen molar-refractivity contribution in [1.29, 1.82) is 0 Å². The highest BCUT2D eigenvalue weighted by molar-refractivity contribution is 7.71. The van der Waals surface area contributed by atoms with Crippen LogP contribution in [0.15, 0.2) is 24.8 Å². The van der Waals surface area contributed by atoms with Crippen molar-refractivity contribution in [3.63, 3.8) is 0 Å². The summed E-state index contributed by atoms with van der Waals surface area (Å²) in [6.45, 7) is -0.900. The Kier molecular flexibility index (Phi) is 8.44. The number of phosphoric acid groups is 3. The Balaban J connectivity index is 1.38. The Morgan fingerprint density at radius 1 is 1.07 bits per heavy atom. The second kappa shape index (κ2) is 11.5. The number of aromatic amines is 1. The van der Waals surface area contributed by atoms with Gasteiger partial charge in [-0.25, -0.2) is 28.6 Å². The third-order valence-electron chi connectivity index (χ3n) is 5.40. The second-order valence-electron chi connectivity index (χ2n) is 8.32. The van der Waals surface area contributed by atoms with Crippen molar-refractivity contribution in [3.8, 4) is 0 Å². The predicted molar refractivity (Wildman–Crippen MR) is 135 cm³/mol. The molecule has 5 heterocycles. The summed E-state index contributed by atoms with van der Waals surface area (Å²) in [5, 5.41) is 2.39. The third kappa shape index (κ3) is 6.96. The highest BCUT2D eigenvalue weighted by atomic mass is 32.1. The van der Waals surface area contributed by atoms with Crippen molar-refractivity contribution in [1.82, 2.24) is 29.5 Å². The van der Waals surface area contributed by atoms with Crippen LogP contribution in [0.25, 0.3) is 11.2 Å². The number of amides is 1. The molecule has 5 rings (SSSR count). The zero-order valence-corrected chi connectivity index (χ0v) is 23.8. The number of nitrogens with zero attached hydrogens (tertiary/aromatic N) is 5. The maximum absolute atomic E-state index is 12.8. The number of anilines is 2. The lowest BCUT2D eigenvalue weighted by Crippen LogP contribution is -2.34. The van der Waals surface area contributed by atoms with E-state index < -0.39 is 66.8 Å². The molecule has 2 saturated heterocycles. The first kappa shape index (κ1) is 30.9. The van der Waals surface area contributed by atoms with Gasteiger partial charge in [0.25, 0.3) is 5.91 Å². The van der Waals surface area contributed by atoms with Gasteiger partial charge in [-0.15, -0.1) is 0 Å². The van der Waals surface area contributed by atoms with Crippen LogP contribution in [0.1, 0.15) is 6.23 Å². The van der Waals surface area contributed by atoms with Crippen molar-refractivity contribution in [2.75, 3.05) is 17.7 Å². The molecule has 3 aromatic rings. The van der Waals surface area contributed by atoms with Gasteiger partial charge in [0.1, 0.15) is 28.5 Å². The van der Waals surface area contributed by atoms with E-state index in [1.807, 2.05) is 0 Å². The third-order valence-corrected chi connectivity index (χ3v) is 9.50. The smallest absolute Gasteiger partial charge is 0.369 e. The van der Waals surface area contributed by atoms with Gasteiger partial charge in [0.15, 0.2) is 11.9 Å². The average molecular weight is 672 g/mol. The standard InChI is InChI=1S/C16H19N8O14P3S/c17-15-21-10-7(12(42)23-15)20-5-24(10)13-9-8(35-14(36-9)11(25)22-16-18-2-1-3-19-16)6(34-13)4-33-40(29,30)38-41(31,32)37-39(26,27)28/h1-3,5-6,8-9,13-14H,4H2,(H,29,30)(H,31,32)(H2,26,27,28)(H3,17,21,23,42)(H,18,19,22,25)/t6?,8?,9?,13?,14-/m1/s1. The quantitative estimate of drug-likeness (QED) is 0.109. The SMILES string of the molecule is Nc1nc2c(ncn2C2OC(COP(=O)(O)OP(=O)(O)OP(=O)(O)O)C3O[C@@H](C(=O)Nc4ncccn4)OC32)c(=S)[nH]1. The molecule has 42 heavy (non-hydrogen) atoms. The van der Waals surface area contributed by atoms with Crippen molar-refractivity contribution >= 4 is 64.7 Å². The molecule has 1 amide bonds. The summed E-state index contributed by atoms with van der Waals surface area (Å²) in [5.74, 6) is -0.934. The van der Waals surface area contributed by atoms with Gasteiger partial charge in [0.2, 0.25) is 18.2 Å². The lowest BCUT2D eigenvalue weighted by Gasteiger charge is -2.22. The van der Waals surface area contributed by atoms with Crippen LogP contribution in [-0.4, -0.2) is 86.2 Å². The zero-order chi connectivity index (χ0) is 30.4. The zero-order valence-electron chi connectivity index (χ0n) is 20.3. The number of phosphoric ester groups is 1. The summed E-state index contributed by atoms with van der Waals surface area (Å²) in [5.41, 5.74) is 6.14. The molecule has 0 aromatic carbocycles. The topological polar surface area (TPSA) is 315 Å². The number of fused-ring (bicyclic) bond motifs is 2. The van der Waals surface area contributed by atoms with Crippen molar-refractivity contribution < 1.29 is 65.4 Å². The van der Waals surface area contributed by atoms with E-state index in [0.717, 1.165) is 0 Å². The van der Waals surface area contributed by atoms with Crippen LogP contribution in [0.3, 0.4) is 0 Å². The normalized spacial score (nSPS) is 26.9. The molecule has 7 atom stereocenters. The Morgan fingerprint density at radius 3 is 2.45 bits per heavy atom. The first-order valence-electron chi connectivity index (χ1n) is 11.2. The fourth-order valence-electron chi connectivity index (χ4n) is 3.95. The number of rotatable bonds is 10. The Labute approximate surface area is 237 Å². The number of carbonyl (C=O) groups is 1. The van der Waals surface area contributed by atoms with Crippen LogP contribution in [0.4, 0.5) is 11.9 Å². The van der Waals surface area contributed by atoms with Crippen molar-refractivity contribution in [2.45, 2.75) is 30.8 Å². The molecule has 228 valence electrons. The first-order valence-corrected chi connectivity index (χ1v) is 16.1. The van der Waals surface area contributed by atoms with Gasteiger partial charge in [-0.1, -0.05) is 12.2 Å². The molecule has 2 fully saturated rings. The minimum Gasteiger partial charge on any atom is -0.369 e. The van der Waals surface area contributed by atoms with Gasteiger partial charge in [-0.2, -0.15) is 13.6 Å². The molecule has 2 aliphatic rings. The molecular formula is C16H19N8O14P3S. The van der Waals surface area contributed by atoms with Gasteiger partial charge < -0.3 is 44.5 Å². The molecule has 0 saturated carbocycles. The van der Waals surface area contributed by atoms with E-state index in [0.29, 0.717) is 0 Å². The van der Waals surface area contributed by atoms with Crippen molar-refractivity contribution in [2.24, 2.45) is 0 Å². The van der Waals surface area contributed by atoms with Crippen LogP contribution in [-0.2, 0) is 45.8 Å². The van der Waals surface area contributed by atoms with E-state index in [9.17, 15) is 28.3 Å². The number of imidazole rings is 1. The molecule has 0 radical (unpaired) electrons. The highest BCUT2D eigenvalue weighted by Crippen LogP contribution is 2.66. The van der Waals surface area contributed by atoms with E-state index in [-0.39, 0.29) is 27.7 Å². The van der Waals surface area contributed by atoms with Crippen LogP contribution < -0.4 is 11.1 Å². The molecule has 0 spiro atoms. The minimum atomic E-state index is -5.77. The Hall–Kier alpha value is -2.59. The number of nitrogens with one attached hydrogen (secondary N) is 2. The number of hydrogen-bond donors (Lipinski definition) is 7. The van der Waals surface area contributed by atoms with E-state index in [1.165, 1.54) is 29.4 Å². The lowest BCUT2D eigenvalue weighted by molar-refractivity contribution is -0.166. The largest absolute Gasteiger partial charge is 0.490 e. The van der Waals surface area contributed by atoms with E-state index in [2.05, 4.69) is 38.9 Å². The molecule has 22 nitrogen and oxygen atoms in total. The van der Waals surface area contributed by atoms with Crippen LogP contribution in [0.2, 0.25) is 0 Å². The number of nitrogens with two attached hydrogens (primary N) is 1. The van der Waals surface area contributed by atoms with Crippen LogP contribution >= 0.6 is 35.7 Å². The summed E-state index contributed by atoms with van der Waals surface area (Å²) < 4.78 is 65.9. The lowest BCUT2D eigenvalue weighted by atomic mass is 10.1. The second-order valence-corrected chi connectivity index (χ2v) is 13.2. The van der Waals surface area contributed by atoms with Crippen LogP contribution in [0, 0.1) is 4.64 Å². The van der Waals surface area contributed by atoms with Gasteiger partial charge >= 0.3 is 23.5 Å². The number of ether oxygens (including phenoxy) is 3. The van der Waals surface area contributed by atoms with Gasteiger partial charge in [-0.3, -0.25) is 19.2 Å². The number of carbonyl (C=O) groups excluding carboxylic acids is 1. The number of aromatic nitrogens is 6. The summed E-state index contributed by atoms with van der Waals surface area (Å²) >= 11 is 5.21. The first-order chi connectivity index (χ1) is 19.6. The minimum absolute atomic E-state index is 0.0572. The summed E-state index contributed by atoms with van der Waals surface area (Å²) in [6.07, 6.45) is -2.35. The average Bonchev–Trinajstić information content (AvgIpc) is 3.55. The van der Waals surface area contributed by atoms with Crippen molar-refractivity contribution in [3.05, 3.63) is 29.4 Å². The molecular weight excluding hydrogens is 653 g/mol. The van der Waals surface area contributed by atoms with E-state index in [1.54, 1.807) is 0 Å². The highest BCUT2D eigenvalue weighted by Gasteiger charge is 2.56. The summed E-state index contributed by atoms with van der Waals surface area (Å²) in [7, 11) is -16.9. The number of nitrogen functional groups attached to an aromatic ring is 1. The van der Waals surface area contributed by atoms with Crippen LogP contribution in [0.5, 0.6) is 0 Å². The fourth-order valence-corrected chi connectivity index (χ4v) is 7.23. The predicted octanol–water partition coefficient (Wildman–Crippen LogP) is -0.149. The van der Waals surface area contributed by atoms with Gasteiger partial charge in [0.05, 0.1) is 12.9 Å². The van der Waals surface area contributed by atoms with E-state index in [4.69, 9.17) is 46.5 Å². The fraction of sp³-hybridized carbons (Fsp3) is 0.375. The molecule has 6 unspecified atom stereocenters.